The number of carbonyl (C=O) groups excluding carboxylic acids is 3. The van der Waals surface area contributed by atoms with Gasteiger partial charge in [0.15, 0.2) is 5.78 Å². The lowest BCUT2D eigenvalue weighted by atomic mass is 10.1. The van der Waals surface area contributed by atoms with E-state index in [-0.39, 0.29) is 75.1 Å². The monoisotopic (exact) mass is 1710 g/mol. The molecule has 0 spiro atoms. The van der Waals surface area contributed by atoms with E-state index in [9.17, 15) is 14.4 Å². The maximum Gasteiger partial charge on any atom is 0.321 e. The van der Waals surface area contributed by atoms with Gasteiger partial charge in [-0.25, -0.2) is 0 Å². The molecule has 0 saturated carbocycles. The Morgan fingerprint density at radius 3 is 0.757 bits per heavy atom. The van der Waals surface area contributed by atoms with Crippen molar-refractivity contribution in [3.05, 3.63) is 200 Å². The Balaban J connectivity index is 0. The molecule has 6 aromatic carbocycles. The molecule has 0 amide bonds. The minimum Gasteiger partial charge on any atom is -0.457 e. The first-order valence-corrected chi connectivity index (χ1v) is 28.2. The predicted molar refractivity (Wildman–Crippen MR) is 348 cm³/mol. The summed E-state index contributed by atoms with van der Waals surface area (Å²) in [6.45, 7) is 10.5. The number of rotatable bonds is 10. The fraction of sp³-hybridized carbons (Fsp3) is 0.250. The number of aliphatic hydroxyl groups is 3. The highest BCUT2D eigenvalue weighted by atomic mass is 127. The van der Waals surface area contributed by atoms with Gasteiger partial charge in [0, 0.05) is 27.0 Å². The van der Waals surface area contributed by atoms with Crippen molar-refractivity contribution in [2.24, 2.45) is 0 Å². The van der Waals surface area contributed by atoms with Gasteiger partial charge in [0.05, 0.1) is 18.3 Å². The van der Waals surface area contributed by atoms with Crippen LogP contribution in [0.3, 0.4) is 0 Å². The number of Topliss-reactive ketones (excluding diaryl/α,β-unsaturated/α-hetero) is 1. The van der Waals surface area contributed by atoms with Crippen LogP contribution < -0.4 is 0 Å². The number of hydrogen-bond donors (Lipinski definition) is 3. The molecule has 0 aliphatic heterocycles. The Labute approximate surface area is 519 Å². The van der Waals surface area contributed by atoms with Gasteiger partial charge in [0.1, 0.15) is 24.0 Å². The number of halogens is 8. The summed E-state index contributed by atoms with van der Waals surface area (Å²) in [4.78, 5) is 32.6. The van der Waals surface area contributed by atoms with Gasteiger partial charge in [-0.15, -0.1) is 23.2 Å². The van der Waals surface area contributed by atoms with E-state index >= 15 is 0 Å². The molecule has 70 heavy (non-hydrogen) atoms. The standard InChI is InChI=1S/2C10H10ClIO2.3C8H9IO.C8H7IO.2H2S/c2*1-7(14-10(13)6-11)8-2-4-9(12)5-3-8;4*1-6(10)7-2-4-8(9)5-3-7;;/h2*2-5,7H,6H2,1H3;3*2-6,10H,1H3;2-5H,1H3;2*1H2/t7-;;2*6-;;;;/m0.10..../s1. The quantitative estimate of drug-likeness (QED) is 0.0535. The van der Waals surface area contributed by atoms with Crippen molar-refractivity contribution in [3.63, 3.8) is 0 Å². The second-order valence-corrected chi connectivity index (χ2v) is 22.4. The normalized spacial score (nSPS) is 11.8. The van der Waals surface area contributed by atoms with Crippen LogP contribution in [0.4, 0.5) is 0 Å². The average Bonchev–Trinajstić information content (AvgIpc) is 3.31. The van der Waals surface area contributed by atoms with Gasteiger partial charge >= 0.3 is 11.9 Å². The summed E-state index contributed by atoms with van der Waals surface area (Å²) in [5, 5.41) is 27.3. The molecule has 0 aromatic heterocycles. The molecule has 8 nitrogen and oxygen atoms in total. The van der Waals surface area contributed by atoms with E-state index in [0.29, 0.717) is 0 Å². The predicted octanol–water partition coefficient (Wildman–Crippen LogP) is 16.0. The third kappa shape index (κ3) is 32.7. The Hall–Kier alpha value is -0.530. The molecule has 0 saturated heterocycles. The van der Waals surface area contributed by atoms with E-state index in [1.807, 2.05) is 159 Å². The molecule has 0 aliphatic carbocycles. The molecule has 3 N–H and O–H groups in total. The zero-order chi connectivity index (χ0) is 51.3. The maximum atomic E-state index is 10.9. The summed E-state index contributed by atoms with van der Waals surface area (Å²) in [6.07, 6.45) is -1.53. The Bertz CT molecular complexity index is 2160. The molecule has 382 valence electrons. The zero-order valence-corrected chi connectivity index (χ0v) is 55.5. The summed E-state index contributed by atoms with van der Waals surface area (Å²) >= 11 is 24.0. The second-order valence-electron chi connectivity index (χ2n) is 14.4. The van der Waals surface area contributed by atoms with Crippen molar-refractivity contribution in [1.29, 1.82) is 0 Å². The summed E-state index contributed by atoms with van der Waals surface area (Å²) in [7, 11) is 0. The molecule has 0 heterocycles. The molecule has 6 aromatic rings. The first kappa shape index (κ1) is 71.5. The summed E-state index contributed by atoms with van der Waals surface area (Å²) in [6, 6.07) is 46.7. The number of carbonyl (C=O) groups is 3. The minimum absolute atomic E-state index is 0. The number of aliphatic hydroxyl groups excluding tert-OH is 3. The SMILES string of the molecule is CC(=O)c1ccc(I)cc1.CC(O)c1ccc(I)cc1.CC(OC(=O)CCl)c1ccc(I)cc1.C[C@@H](O)c1ccc(I)cc1.C[C@H](O)c1ccc(I)cc1.C[C@H](OC(=O)CCl)c1ccc(I)cc1.S.S. The highest BCUT2D eigenvalue weighted by molar-refractivity contribution is 14.1. The Morgan fingerprint density at radius 1 is 0.400 bits per heavy atom. The number of ether oxygens (including phenoxy) is 2. The third-order valence-electron chi connectivity index (χ3n) is 8.82. The van der Waals surface area contributed by atoms with Crippen LogP contribution in [0.2, 0.25) is 0 Å². The number of benzene rings is 6. The Morgan fingerprint density at radius 2 is 0.586 bits per heavy atom. The van der Waals surface area contributed by atoms with E-state index in [4.69, 9.17) is 48.0 Å². The number of alkyl halides is 2. The van der Waals surface area contributed by atoms with Crippen molar-refractivity contribution < 1.29 is 39.2 Å². The van der Waals surface area contributed by atoms with Crippen LogP contribution in [0.1, 0.15) is 110 Å². The summed E-state index contributed by atoms with van der Waals surface area (Å²) in [5.74, 6) is -0.865. The van der Waals surface area contributed by atoms with E-state index < -0.39 is 11.9 Å². The van der Waals surface area contributed by atoms with Crippen LogP contribution in [0, 0.1) is 21.4 Å². The van der Waals surface area contributed by atoms with Gasteiger partial charge in [-0.1, -0.05) is 72.8 Å². The molecule has 0 bridgehead atoms. The molecule has 0 fully saturated rings. The molecular formula is C52H58Cl2I6O8S2. The van der Waals surface area contributed by atoms with Crippen LogP contribution in [-0.2, 0) is 19.1 Å². The van der Waals surface area contributed by atoms with E-state index in [2.05, 4.69) is 136 Å². The van der Waals surface area contributed by atoms with Crippen molar-refractivity contribution >= 4 is 203 Å². The lowest BCUT2D eigenvalue weighted by Crippen LogP contribution is -2.09. The molecular weight excluding hydrogens is 1650 g/mol. The third-order valence-corrected chi connectivity index (χ3v) is 13.6. The van der Waals surface area contributed by atoms with Gasteiger partial charge in [0.2, 0.25) is 0 Å². The van der Waals surface area contributed by atoms with Crippen molar-refractivity contribution in [2.75, 3.05) is 11.8 Å². The fourth-order valence-electron chi connectivity index (χ4n) is 4.97. The van der Waals surface area contributed by atoms with E-state index in [1.165, 1.54) is 10.7 Å². The Kier molecular flexibility index (Phi) is 41.6. The first-order valence-electron chi connectivity index (χ1n) is 20.7. The first-order chi connectivity index (χ1) is 32.1. The van der Waals surface area contributed by atoms with Crippen LogP contribution >= 0.6 is 186 Å². The lowest BCUT2D eigenvalue weighted by molar-refractivity contribution is -0.146. The van der Waals surface area contributed by atoms with E-state index in [0.717, 1.165) is 44.1 Å². The number of hydrogen-bond acceptors (Lipinski definition) is 8. The highest BCUT2D eigenvalue weighted by Crippen LogP contribution is 2.20. The molecule has 0 aliphatic rings. The van der Waals surface area contributed by atoms with Gasteiger partial charge < -0.3 is 24.8 Å². The molecule has 2 unspecified atom stereocenters. The average molecular weight is 1710 g/mol. The topological polar surface area (TPSA) is 130 Å². The largest absolute Gasteiger partial charge is 0.457 e. The molecule has 5 atom stereocenters. The van der Waals surface area contributed by atoms with Gasteiger partial charge in [-0.3, -0.25) is 14.4 Å². The summed E-state index contributed by atoms with van der Waals surface area (Å²) in [5.41, 5.74) is 5.65. The van der Waals surface area contributed by atoms with Crippen molar-refractivity contribution in [1.82, 2.24) is 0 Å². The molecule has 0 radical (unpaired) electrons. The van der Waals surface area contributed by atoms with E-state index in [1.54, 1.807) is 27.7 Å². The maximum absolute atomic E-state index is 10.9. The molecule has 6 rings (SSSR count). The fourth-order valence-corrected chi connectivity index (χ4v) is 7.25. The van der Waals surface area contributed by atoms with Crippen LogP contribution in [0.15, 0.2) is 146 Å². The zero-order valence-electron chi connectivity index (χ0n) is 39.1. The second kappa shape index (κ2) is 40.7. The lowest BCUT2D eigenvalue weighted by Gasteiger charge is -2.12. The smallest absolute Gasteiger partial charge is 0.321 e. The van der Waals surface area contributed by atoms with Gasteiger partial charge in [-0.05, 0) is 278 Å². The molecule has 18 heteroatoms. The number of ketones is 1. The van der Waals surface area contributed by atoms with Crippen molar-refractivity contribution in [3.8, 4) is 0 Å². The van der Waals surface area contributed by atoms with Gasteiger partial charge in [-0.2, -0.15) is 27.0 Å². The van der Waals surface area contributed by atoms with Crippen molar-refractivity contribution in [2.45, 2.75) is 72.1 Å². The van der Waals surface area contributed by atoms with Crippen LogP contribution in [0.5, 0.6) is 0 Å². The van der Waals surface area contributed by atoms with Crippen LogP contribution in [0.25, 0.3) is 0 Å². The van der Waals surface area contributed by atoms with Gasteiger partial charge in [0.25, 0.3) is 0 Å². The number of esters is 2. The summed E-state index contributed by atoms with van der Waals surface area (Å²) < 4.78 is 17.2. The minimum atomic E-state index is -0.391. The van der Waals surface area contributed by atoms with Crippen LogP contribution in [-0.4, -0.2) is 44.8 Å². The highest BCUT2D eigenvalue weighted by Gasteiger charge is 2.11.